The number of phenols is 1. The van der Waals surface area contributed by atoms with Gasteiger partial charge in [-0.2, -0.15) is 0 Å². The quantitative estimate of drug-likeness (QED) is 0.795. The molecule has 1 aliphatic rings. The molecule has 2 rings (SSSR count). The molecule has 20 heavy (non-hydrogen) atoms. The van der Waals surface area contributed by atoms with Gasteiger partial charge in [0.2, 0.25) is 0 Å². The van der Waals surface area contributed by atoms with Gasteiger partial charge < -0.3 is 15.5 Å². The number of phenolic OH excluding ortho intramolecular Hbond substituents is 1. The number of aliphatic carboxylic acids is 1. The van der Waals surface area contributed by atoms with E-state index in [0.29, 0.717) is 18.5 Å². The van der Waals surface area contributed by atoms with Gasteiger partial charge in [0, 0.05) is 12.1 Å². The first-order valence-corrected chi connectivity index (χ1v) is 6.86. The van der Waals surface area contributed by atoms with Gasteiger partial charge in [-0.3, -0.25) is 9.59 Å². The minimum absolute atomic E-state index is 0.0240. The molecule has 1 aliphatic carbocycles. The predicted octanol–water partition coefficient (Wildman–Crippen LogP) is 2.28. The molecule has 1 aromatic carbocycles. The normalized spacial score (nSPS) is 21.6. The summed E-state index contributed by atoms with van der Waals surface area (Å²) in [7, 11) is 0. The summed E-state index contributed by atoms with van der Waals surface area (Å²) in [5.74, 6) is -1.59. The average Bonchev–Trinajstić information content (AvgIpc) is 2.87. The molecule has 5 nitrogen and oxygen atoms in total. The zero-order chi connectivity index (χ0) is 14.7. The number of carbonyl (C=O) groups excluding carboxylic acids is 1. The van der Waals surface area contributed by atoms with Crippen LogP contribution in [-0.2, 0) is 4.79 Å². The van der Waals surface area contributed by atoms with Crippen LogP contribution in [0.25, 0.3) is 0 Å². The molecule has 0 heterocycles. The predicted molar refractivity (Wildman–Crippen MR) is 73.9 cm³/mol. The molecule has 0 aromatic heterocycles. The Morgan fingerprint density at radius 3 is 2.75 bits per heavy atom. The van der Waals surface area contributed by atoms with E-state index in [-0.39, 0.29) is 28.5 Å². The number of hydrogen-bond acceptors (Lipinski definition) is 3. The first-order valence-electron chi connectivity index (χ1n) is 6.48. The highest BCUT2D eigenvalue weighted by atomic mass is 35.5. The van der Waals surface area contributed by atoms with E-state index in [1.807, 2.05) is 0 Å². The van der Waals surface area contributed by atoms with Crippen LogP contribution in [-0.4, -0.2) is 28.6 Å². The van der Waals surface area contributed by atoms with Crippen molar-refractivity contribution in [2.45, 2.75) is 19.3 Å². The molecular weight excluding hydrogens is 282 g/mol. The van der Waals surface area contributed by atoms with Crippen molar-refractivity contribution in [1.29, 1.82) is 0 Å². The van der Waals surface area contributed by atoms with Crippen LogP contribution >= 0.6 is 11.6 Å². The lowest BCUT2D eigenvalue weighted by molar-refractivity contribution is -0.142. The number of aromatic hydroxyl groups is 1. The number of benzene rings is 1. The lowest BCUT2D eigenvalue weighted by Gasteiger charge is -2.16. The van der Waals surface area contributed by atoms with Gasteiger partial charge in [-0.1, -0.05) is 18.0 Å². The molecule has 1 amide bonds. The van der Waals surface area contributed by atoms with Crippen molar-refractivity contribution in [3.63, 3.8) is 0 Å². The maximum absolute atomic E-state index is 11.9. The van der Waals surface area contributed by atoms with Gasteiger partial charge in [-0.15, -0.1) is 0 Å². The molecular formula is C14H16ClNO4. The second-order valence-corrected chi connectivity index (χ2v) is 5.42. The Kier molecular flexibility index (Phi) is 4.49. The van der Waals surface area contributed by atoms with Crippen molar-refractivity contribution in [3.05, 3.63) is 28.8 Å². The molecule has 1 aromatic rings. The van der Waals surface area contributed by atoms with Gasteiger partial charge in [-0.25, -0.2) is 0 Å². The van der Waals surface area contributed by atoms with E-state index in [2.05, 4.69) is 5.32 Å². The van der Waals surface area contributed by atoms with Gasteiger partial charge >= 0.3 is 5.97 Å². The Balaban J connectivity index is 1.95. The smallest absolute Gasteiger partial charge is 0.306 e. The Morgan fingerprint density at radius 2 is 2.10 bits per heavy atom. The number of carboxylic acids is 1. The van der Waals surface area contributed by atoms with Gasteiger partial charge in [0.15, 0.2) is 0 Å². The molecule has 1 saturated carbocycles. The number of amides is 1. The molecule has 0 spiro atoms. The highest BCUT2D eigenvalue weighted by Gasteiger charge is 2.32. The Labute approximate surface area is 121 Å². The Bertz CT molecular complexity index is 532. The zero-order valence-electron chi connectivity index (χ0n) is 10.8. The number of carbonyl (C=O) groups is 2. The Hall–Kier alpha value is -1.75. The van der Waals surface area contributed by atoms with Crippen LogP contribution in [0.1, 0.15) is 29.6 Å². The molecule has 6 heteroatoms. The van der Waals surface area contributed by atoms with Gasteiger partial charge in [0.1, 0.15) is 5.75 Å². The molecule has 1 fully saturated rings. The summed E-state index contributed by atoms with van der Waals surface area (Å²) >= 11 is 5.74. The fourth-order valence-corrected chi connectivity index (χ4v) is 2.76. The van der Waals surface area contributed by atoms with E-state index in [4.69, 9.17) is 16.7 Å². The largest absolute Gasteiger partial charge is 0.506 e. The SMILES string of the molecule is O=C(NCC1CCCC1C(=O)O)c1ccc(O)c(Cl)c1. The fourth-order valence-electron chi connectivity index (χ4n) is 2.58. The van der Waals surface area contributed by atoms with E-state index in [1.54, 1.807) is 0 Å². The summed E-state index contributed by atoms with van der Waals surface area (Å²) in [6.45, 7) is 0.342. The number of rotatable bonds is 4. The third-order valence-electron chi connectivity index (χ3n) is 3.71. The van der Waals surface area contributed by atoms with Crippen LogP contribution in [0.5, 0.6) is 5.75 Å². The first kappa shape index (κ1) is 14.7. The highest BCUT2D eigenvalue weighted by molar-refractivity contribution is 6.32. The molecule has 0 saturated heterocycles. The first-order chi connectivity index (χ1) is 9.49. The van der Waals surface area contributed by atoms with Crippen molar-refractivity contribution in [2.24, 2.45) is 11.8 Å². The summed E-state index contributed by atoms with van der Waals surface area (Å²) in [5, 5.41) is 21.2. The number of halogens is 1. The molecule has 3 N–H and O–H groups in total. The van der Waals surface area contributed by atoms with Crippen LogP contribution < -0.4 is 5.32 Å². The molecule has 2 atom stereocenters. The lowest BCUT2D eigenvalue weighted by Crippen LogP contribution is -2.33. The van der Waals surface area contributed by atoms with E-state index in [1.165, 1.54) is 18.2 Å². The summed E-state index contributed by atoms with van der Waals surface area (Å²) in [6.07, 6.45) is 2.36. The van der Waals surface area contributed by atoms with Gasteiger partial charge in [0.05, 0.1) is 10.9 Å². The van der Waals surface area contributed by atoms with Gasteiger partial charge in [-0.05, 0) is 37.0 Å². The van der Waals surface area contributed by atoms with Crippen LogP contribution in [0.15, 0.2) is 18.2 Å². The minimum Gasteiger partial charge on any atom is -0.506 e. The maximum atomic E-state index is 11.9. The monoisotopic (exact) mass is 297 g/mol. The van der Waals surface area contributed by atoms with Crippen molar-refractivity contribution < 1.29 is 19.8 Å². The van der Waals surface area contributed by atoms with E-state index in [0.717, 1.165) is 12.8 Å². The molecule has 0 aliphatic heterocycles. The minimum atomic E-state index is -0.797. The zero-order valence-corrected chi connectivity index (χ0v) is 11.6. The Morgan fingerprint density at radius 1 is 1.35 bits per heavy atom. The third kappa shape index (κ3) is 3.22. The van der Waals surface area contributed by atoms with E-state index < -0.39 is 5.97 Å². The van der Waals surface area contributed by atoms with Crippen molar-refractivity contribution in [3.8, 4) is 5.75 Å². The average molecular weight is 298 g/mol. The van der Waals surface area contributed by atoms with Crippen LogP contribution in [0.4, 0.5) is 0 Å². The van der Waals surface area contributed by atoms with Crippen LogP contribution in [0.3, 0.4) is 0 Å². The van der Waals surface area contributed by atoms with Crippen molar-refractivity contribution >= 4 is 23.5 Å². The molecule has 108 valence electrons. The summed E-state index contributed by atoms with van der Waals surface area (Å²) in [4.78, 5) is 23.0. The number of hydrogen-bond donors (Lipinski definition) is 3. The topological polar surface area (TPSA) is 86.6 Å². The van der Waals surface area contributed by atoms with Crippen LogP contribution in [0, 0.1) is 11.8 Å². The second-order valence-electron chi connectivity index (χ2n) is 5.01. The van der Waals surface area contributed by atoms with Crippen LogP contribution in [0.2, 0.25) is 5.02 Å². The summed E-state index contributed by atoms with van der Waals surface area (Å²) in [6, 6.07) is 4.21. The number of nitrogens with one attached hydrogen (secondary N) is 1. The van der Waals surface area contributed by atoms with Crippen molar-refractivity contribution in [1.82, 2.24) is 5.32 Å². The lowest BCUT2D eigenvalue weighted by atomic mass is 9.96. The summed E-state index contributed by atoms with van der Waals surface area (Å²) < 4.78 is 0. The third-order valence-corrected chi connectivity index (χ3v) is 4.01. The fraction of sp³-hybridized carbons (Fsp3) is 0.429. The maximum Gasteiger partial charge on any atom is 0.306 e. The number of carboxylic acid groups (broad SMARTS) is 1. The standard InChI is InChI=1S/C14H16ClNO4/c15-11-6-8(4-5-12(11)17)13(18)16-7-9-2-1-3-10(9)14(19)20/h4-6,9-10,17H,1-3,7H2,(H,16,18)(H,19,20). The highest BCUT2D eigenvalue weighted by Crippen LogP contribution is 2.31. The van der Waals surface area contributed by atoms with E-state index >= 15 is 0 Å². The van der Waals surface area contributed by atoms with Gasteiger partial charge in [0.25, 0.3) is 5.91 Å². The van der Waals surface area contributed by atoms with E-state index in [9.17, 15) is 14.7 Å². The summed E-state index contributed by atoms with van der Waals surface area (Å²) in [5.41, 5.74) is 0.345. The molecule has 0 radical (unpaired) electrons. The molecule has 2 unspecified atom stereocenters. The second kappa shape index (κ2) is 6.13. The van der Waals surface area contributed by atoms with Crippen molar-refractivity contribution in [2.75, 3.05) is 6.54 Å². The molecule has 0 bridgehead atoms.